The van der Waals surface area contributed by atoms with Crippen LogP contribution in [0.25, 0.3) is 0 Å². The van der Waals surface area contributed by atoms with Gasteiger partial charge in [0.1, 0.15) is 6.04 Å². The van der Waals surface area contributed by atoms with E-state index in [9.17, 15) is 13.2 Å². The normalized spacial score (nSPS) is 17.0. The van der Waals surface area contributed by atoms with Crippen LogP contribution in [0.2, 0.25) is 0 Å². The van der Waals surface area contributed by atoms with Gasteiger partial charge in [-0.25, -0.2) is 13.1 Å². The molecule has 2 N–H and O–H groups in total. The highest BCUT2D eigenvalue weighted by Gasteiger charge is 2.23. The number of likely N-dealkylation sites (N-methyl/N-ethyl adjacent to an activating group) is 1. The van der Waals surface area contributed by atoms with Crippen LogP contribution in [0.1, 0.15) is 31.4 Å². The minimum absolute atomic E-state index is 0.0375. The predicted octanol–water partition coefficient (Wildman–Crippen LogP) is 1.50. The molecule has 0 bridgehead atoms. The first-order chi connectivity index (χ1) is 14.4. The number of rotatable bonds is 12. The Morgan fingerprint density at radius 1 is 1.10 bits per heavy atom. The Morgan fingerprint density at radius 2 is 1.73 bits per heavy atom. The maximum Gasteiger partial charge on any atom is 0.238 e. The number of amides is 1. The van der Waals surface area contributed by atoms with E-state index in [0.29, 0.717) is 18.7 Å². The van der Waals surface area contributed by atoms with E-state index in [-0.39, 0.29) is 11.7 Å². The molecule has 1 aliphatic rings. The van der Waals surface area contributed by atoms with E-state index in [1.54, 1.807) is 18.7 Å². The Labute approximate surface area is 186 Å². The molecule has 1 heterocycles. The fourth-order valence-corrected chi connectivity index (χ4v) is 4.77. The van der Waals surface area contributed by atoms with Crippen LogP contribution in [0.15, 0.2) is 24.3 Å². The first-order valence-electron chi connectivity index (χ1n) is 10.7. The lowest BCUT2D eigenvalue weighted by atomic mass is 10.1. The summed E-state index contributed by atoms with van der Waals surface area (Å²) in [7, 11) is -3.44. The van der Waals surface area contributed by atoms with E-state index in [1.807, 2.05) is 24.5 Å². The largest absolute Gasteiger partial charge is 0.351 e. The fraction of sp³-hybridized carbons (Fsp3) is 0.667. The van der Waals surface area contributed by atoms with E-state index in [4.69, 9.17) is 0 Å². The molecule has 0 aromatic heterocycles. The number of nitrogens with one attached hydrogen (secondary N) is 2. The van der Waals surface area contributed by atoms with E-state index in [0.717, 1.165) is 44.8 Å². The van der Waals surface area contributed by atoms with Crippen molar-refractivity contribution >= 4 is 27.7 Å². The molecule has 1 saturated heterocycles. The molecule has 0 spiro atoms. The zero-order valence-electron chi connectivity index (χ0n) is 18.4. The van der Waals surface area contributed by atoms with Crippen LogP contribution in [0, 0.1) is 0 Å². The number of carbonyl (C=O) groups excluding carboxylic acids is 1. The van der Waals surface area contributed by atoms with Crippen LogP contribution in [-0.4, -0.2) is 80.7 Å². The number of thioether (sulfide) groups is 1. The molecular weight excluding hydrogens is 420 g/mol. The van der Waals surface area contributed by atoms with Crippen molar-refractivity contribution in [3.05, 3.63) is 35.4 Å². The lowest BCUT2D eigenvalue weighted by molar-refractivity contribution is -0.122. The van der Waals surface area contributed by atoms with Gasteiger partial charge in [-0.1, -0.05) is 31.2 Å². The van der Waals surface area contributed by atoms with Gasteiger partial charge in [0, 0.05) is 39.3 Å². The van der Waals surface area contributed by atoms with Gasteiger partial charge in [-0.15, -0.1) is 0 Å². The summed E-state index contributed by atoms with van der Waals surface area (Å²) in [5, 5.41) is 2.95. The molecule has 1 aromatic rings. The van der Waals surface area contributed by atoms with Crippen molar-refractivity contribution < 1.29 is 13.2 Å². The highest BCUT2D eigenvalue weighted by Crippen LogP contribution is 2.14. The molecule has 1 aromatic carbocycles. The van der Waals surface area contributed by atoms with Gasteiger partial charge < -0.3 is 10.2 Å². The topological polar surface area (TPSA) is 81.8 Å². The Morgan fingerprint density at radius 3 is 2.33 bits per heavy atom. The number of hydrogen-bond donors (Lipinski definition) is 2. The predicted molar refractivity (Wildman–Crippen MR) is 125 cm³/mol. The van der Waals surface area contributed by atoms with Crippen molar-refractivity contribution in [3.8, 4) is 0 Å². The molecule has 30 heavy (non-hydrogen) atoms. The van der Waals surface area contributed by atoms with E-state index in [1.165, 1.54) is 5.56 Å². The van der Waals surface area contributed by atoms with E-state index in [2.05, 4.69) is 32.8 Å². The van der Waals surface area contributed by atoms with Crippen molar-refractivity contribution in [1.29, 1.82) is 0 Å². The third-order valence-electron chi connectivity index (χ3n) is 5.51. The van der Waals surface area contributed by atoms with Crippen LogP contribution >= 0.6 is 11.8 Å². The molecule has 0 aliphatic carbocycles. The van der Waals surface area contributed by atoms with Crippen molar-refractivity contribution in [2.75, 3.05) is 50.5 Å². The Hall–Kier alpha value is -1.13. The summed E-state index contributed by atoms with van der Waals surface area (Å²) in [6.45, 7) is 10.4. The summed E-state index contributed by atoms with van der Waals surface area (Å²) in [5.41, 5.74) is 2.28. The van der Waals surface area contributed by atoms with Crippen LogP contribution in [0.4, 0.5) is 0 Å². The minimum Gasteiger partial charge on any atom is -0.351 e. The average molecular weight is 457 g/mol. The Balaban J connectivity index is 1.97. The van der Waals surface area contributed by atoms with Crippen LogP contribution < -0.4 is 10.0 Å². The summed E-state index contributed by atoms with van der Waals surface area (Å²) in [6.07, 6.45) is 2.41. The van der Waals surface area contributed by atoms with Crippen LogP contribution in [-0.2, 0) is 27.9 Å². The van der Waals surface area contributed by atoms with Crippen molar-refractivity contribution in [1.82, 2.24) is 19.8 Å². The lowest BCUT2D eigenvalue weighted by Crippen LogP contribution is -2.47. The standard InChI is InChI=1S/C21H36N4O3S2/c1-4-24-11-13-25(14-12-24)17-19-9-7-6-8-18(19)16-22-21(26)20(10-15-29-3)23-30(27,28)5-2/h6-9,20,23H,4-5,10-17H2,1-3H3,(H,22,26). The van der Waals surface area contributed by atoms with Gasteiger partial charge in [-0.05, 0) is 43.0 Å². The zero-order valence-corrected chi connectivity index (χ0v) is 20.0. The lowest BCUT2D eigenvalue weighted by Gasteiger charge is -2.34. The summed E-state index contributed by atoms with van der Waals surface area (Å²) in [5.74, 6) is 0.405. The van der Waals surface area contributed by atoms with E-state index < -0.39 is 16.1 Å². The SMILES string of the molecule is CCN1CCN(Cc2ccccc2CNC(=O)C(CCSC)NS(=O)(=O)CC)CC1. The molecule has 2 rings (SSSR count). The summed E-state index contributed by atoms with van der Waals surface area (Å²) >= 11 is 1.60. The molecule has 170 valence electrons. The first kappa shape index (κ1) is 25.1. The van der Waals surface area contributed by atoms with Crippen molar-refractivity contribution in [3.63, 3.8) is 0 Å². The molecule has 0 saturated carbocycles. The molecule has 1 fully saturated rings. The number of nitrogens with zero attached hydrogens (tertiary/aromatic N) is 2. The summed E-state index contributed by atoms with van der Waals surface area (Å²) < 4.78 is 26.5. The molecule has 7 nitrogen and oxygen atoms in total. The van der Waals surface area contributed by atoms with E-state index >= 15 is 0 Å². The molecule has 9 heteroatoms. The second-order valence-electron chi connectivity index (χ2n) is 7.55. The molecule has 0 radical (unpaired) electrons. The molecule has 1 aliphatic heterocycles. The number of piperazine rings is 1. The third-order valence-corrected chi connectivity index (χ3v) is 7.55. The van der Waals surface area contributed by atoms with Crippen molar-refractivity contribution in [2.24, 2.45) is 0 Å². The highest BCUT2D eigenvalue weighted by atomic mass is 32.2. The second-order valence-corrected chi connectivity index (χ2v) is 10.6. The monoisotopic (exact) mass is 456 g/mol. The maximum absolute atomic E-state index is 12.7. The second kappa shape index (κ2) is 12.7. The van der Waals surface area contributed by atoms with Crippen molar-refractivity contribution in [2.45, 2.75) is 39.4 Å². The maximum atomic E-state index is 12.7. The highest BCUT2D eigenvalue weighted by molar-refractivity contribution is 7.98. The zero-order chi connectivity index (χ0) is 22.0. The third kappa shape index (κ3) is 8.19. The number of benzene rings is 1. The fourth-order valence-electron chi connectivity index (χ4n) is 3.47. The quantitative estimate of drug-likeness (QED) is 0.496. The van der Waals surface area contributed by atoms with Crippen LogP contribution in [0.5, 0.6) is 0 Å². The van der Waals surface area contributed by atoms with Gasteiger partial charge in [0.25, 0.3) is 0 Å². The number of carbonyl (C=O) groups is 1. The first-order valence-corrected chi connectivity index (χ1v) is 13.7. The minimum atomic E-state index is -3.44. The van der Waals surface area contributed by atoms with Gasteiger partial charge in [0.15, 0.2) is 0 Å². The molecule has 1 amide bonds. The molecule has 1 unspecified atom stereocenters. The van der Waals surface area contributed by atoms with Gasteiger partial charge in [-0.2, -0.15) is 11.8 Å². The number of sulfonamides is 1. The van der Waals surface area contributed by atoms with Gasteiger partial charge in [0.05, 0.1) is 5.75 Å². The Kier molecular flexibility index (Phi) is 10.6. The smallest absolute Gasteiger partial charge is 0.238 e. The molecule has 1 atom stereocenters. The average Bonchev–Trinajstić information content (AvgIpc) is 2.76. The number of hydrogen-bond acceptors (Lipinski definition) is 6. The van der Waals surface area contributed by atoms with Gasteiger partial charge in [-0.3, -0.25) is 9.69 Å². The molecular formula is C21H36N4O3S2. The van der Waals surface area contributed by atoms with Crippen LogP contribution in [0.3, 0.4) is 0 Å². The van der Waals surface area contributed by atoms with Gasteiger partial charge >= 0.3 is 0 Å². The Bertz CT molecular complexity index is 765. The van der Waals surface area contributed by atoms with Gasteiger partial charge in [0.2, 0.25) is 15.9 Å². The summed E-state index contributed by atoms with van der Waals surface area (Å²) in [4.78, 5) is 17.6. The summed E-state index contributed by atoms with van der Waals surface area (Å²) in [6, 6.07) is 7.41.